The largest absolute Gasteiger partial charge is 0.207 e. The van der Waals surface area contributed by atoms with E-state index in [4.69, 9.17) is 11.6 Å². The third-order valence-electron chi connectivity index (χ3n) is 3.42. The summed E-state index contributed by atoms with van der Waals surface area (Å²) in [5.41, 5.74) is 3.63. The minimum Gasteiger partial charge on any atom is -0.207 e. The molecule has 1 aliphatic rings. The molecule has 17 heavy (non-hydrogen) atoms. The molecule has 0 aliphatic heterocycles. The van der Waals surface area contributed by atoms with E-state index in [9.17, 15) is 4.39 Å². The second kappa shape index (κ2) is 4.15. The highest BCUT2D eigenvalue weighted by Crippen LogP contribution is 2.46. The molecule has 0 aromatic heterocycles. The summed E-state index contributed by atoms with van der Waals surface area (Å²) < 4.78 is 12.9. The summed E-state index contributed by atoms with van der Waals surface area (Å²) in [5.74, 6) is 0.108. The summed E-state index contributed by atoms with van der Waals surface area (Å²) in [6.45, 7) is 0. The Labute approximate surface area is 105 Å². The van der Waals surface area contributed by atoms with Crippen LogP contribution in [0.2, 0.25) is 0 Å². The van der Waals surface area contributed by atoms with Gasteiger partial charge in [0.05, 0.1) is 5.38 Å². The second-order valence-electron chi connectivity index (χ2n) is 4.44. The van der Waals surface area contributed by atoms with Gasteiger partial charge >= 0.3 is 0 Å². The lowest BCUT2D eigenvalue weighted by atomic mass is 9.93. The van der Waals surface area contributed by atoms with E-state index in [0.29, 0.717) is 5.92 Å². The highest BCUT2D eigenvalue weighted by Gasteiger charge is 2.30. The van der Waals surface area contributed by atoms with Crippen molar-refractivity contribution in [2.24, 2.45) is 0 Å². The number of benzene rings is 2. The summed E-state index contributed by atoms with van der Waals surface area (Å²) in [6, 6.07) is 15.0. The molecule has 0 unspecified atom stereocenters. The van der Waals surface area contributed by atoms with Crippen LogP contribution in [-0.4, -0.2) is 0 Å². The minimum absolute atomic E-state index is 0.0706. The van der Waals surface area contributed by atoms with Gasteiger partial charge in [0, 0.05) is 5.92 Å². The first-order chi connectivity index (χ1) is 8.25. The average molecular weight is 247 g/mol. The molecule has 0 fully saturated rings. The van der Waals surface area contributed by atoms with Gasteiger partial charge in [0.1, 0.15) is 5.82 Å². The lowest BCUT2D eigenvalue weighted by Crippen LogP contribution is -1.95. The quantitative estimate of drug-likeness (QED) is 0.643. The van der Waals surface area contributed by atoms with E-state index in [1.165, 1.54) is 23.3 Å². The maximum Gasteiger partial charge on any atom is 0.123 e. The van der Waals surface area contributed by atoms with Gasteiger partial charge in [-0.1, -0.05) is 36.4 Å². The molecular formula is C15H12ClF. The van der Waals surface area contributed by atoms with Gasteiger partial charge in [-0.2, -0.15) is 0 Å². The van der Waals surface area contributed by atoms with Crippen LogP contribution < -0.4 is 0 Å². The molecule has 86 valence electrons. The molecule has 0 nitrogen and oxygen atoms in total. The van der Waals surface area contributed by atoms with Crippen molar-refractivity contribution in [1.29, 1.82) is 0 Å². The molecule has 0 saturated heterocycles. The number of halogens is 2. The topological polar surface area (TPSA) is 0 Å². The maximum absolute atomic E-state index is 12.9. The Morgan fingerprint density at radius 2 is 1.59 bits per heavy atom. The molecule has 1 aliphatic carbocycles. The highest BCUT2D eigenvalue weighted by atomic mass is 35.5. The first-order valence-corrected chi connectivity index (χ1v) is 6.17. The minimum atomic E-state index is -0.192. The van der Waals surface area contributed by atoms with Crippen molar-refractivity contribution in [3.05, 3.63) is 71.0 Å². The lowest BCUT2D eigenvalue weighted by molar-refractivity contribution is 0.626. The predicted octanol–water partition coefficient (Wildman–Crippen LogP) is 4.64. The Hall–Kier alpha value is -1.34. The third-order valence-corrected chi connectivity index (χ3v) is 3.84. The van der Waals surface area contributed by atoms with Crippen molar-refractivity contribution in [2.75, 3.05) is 0 Å². The molecule has 0 amide bonds. The van der Waals surface area contributed by atoms with Gasteiger partial charge in [-0.15, -0.1) is 11.6 Å². The summed E-state index contributed by atoms with van der Waals surface area (Å²) in [4.78, 5) is 0. The third kappa shape index (κ3) is 1.85. The molecular weight excluding hydrogens is 235 g/mol. The van der Waals surface area contributed by atoms with Gasteiger partial charge in [-0.3, -0.25) is 0 Å². The monoisotopic (exact) mass is 246 g/mol. The van der Waals surface area contributed by atoms with Crippen molar-refractivity contribution < 1.29 is 4.39 Å². The van der Waals surface area contributed by atoms with Crippen LogP contribution in [0.5, 0.6) is 0 Å². The molecule has 0 radical (unpaired) electrons. The van der Waals surface area contributed by atoms with E-state index in [1.807, 2.05) is 24.3 Å². The summed E-state index contributed by atoms with van der Waals surface area (Å²) >= 11 is 6.34. The van der Waals surface area contributed by atoms with E-state index in [2.05, 4.69) is 12.1 Å². The van der Waals surface area contributed by atoms with Crippen LogP contribution >= 0.6 is 11.6 Å². The maximum atomic E-state index is 12.9. The fourth-order valence-corrected chi connectivity index (χ4v) is 2.96. The van der Waals surface area contributed by atoms with Crippen LogP contribution in [0.3, 0.4) is 0 Å². The number of alkyl halides is 1. The average Bonchev–Trinajstić information content (AvgIpc) is 2.69. The molecule has 2 aromatic carbocycles. The zero-order valence-corrected chi connectivity index (χ0v) is 9.99. The Kier molecular flexibility index (Phi) is 2.64. The SMILES string of the molecule is Fc1ccc([C@@H]2C[C@@H](Cl)c3ccccc32)cc1. The molecule has 0 heterocycles. The van der Waals surface area contributed by atoms with Crippen LogP contribution in [0.25, 0.3) is 0 Å². The second-order valence-corrected chi connectivity index (χ2v) is 4.96. The number of hydrogen-bond acceptors (Lipinski definition) is 0. The van der Waals surface area contributed by atoms with Gasteiger partial charge < -0.3 is 0 Å². The van der Waals surface area contributed by atoms with Crippen LogP contribution in [0.4, 0.5) is 4.39 Å². The molecule has 0 saturated carbocycles. The molecule has 2 atom stereocenters. The smallest absolute Gasteiger partial charge is 0.123 e. The van der Waals surface area contributed by atoms with Crippen molar-refractivity contribution in [3.8, 4) is 0 Å². The molecule has 0 spiro atoms. The zero-order chi connectivity index (χ0) is 11.8. The highest BCUT2D eigenvalue weighted by molar-refractivity contribution is 6.21. The van der Waals surface area contributed by atoms with Crippen LogP contribution in [0.1, 0.15) is 34.4 Å². The summed E-state index contributed by atoms with van der Waals surface area (Å²) in [7, 11) is 0. The van der Waals surface area contributed by atoms with Crippen molar-refractivity contribution >= 4 is 11.6 Å². The van der Waals surface area contributed by atoms with Gasteiger partial charge in [0.25, 0.3) is 0 Å². The van der Waals surface area contributed by atoms with Crippen molar-refractivity contribution in [2.45, 2.75) is 17.7 Å². The van der Waals surface area contributed by atoms with E-state index < -0.39 is 0 Å². The Balaban J connectivity index is 2.04. The lowest BCUT2D eigenvalue weighted by Gasteiger charge is -2.11. The van der Waals surface area contributed by atoms with Gasteiger partial charge in [0.2, 0.25) is 0 Å². The molecule has 2 heteroatoms. The van der Waals surface area contributed by atoms with Crippen LogP contribution in [0, 0.1) is 5.82 Å². The van der Waals surface area contributed by atoms with Crippen LogP contribution in [-0.2, 0) is 0 Å². The number of hydrogen-bond donors (Lipinski definition) is 0. The molecule has 2 aromatic rings. The summed E-state index contributed by atoms with van der Waals surface area (Å²) in [6.07, 6.45) is 0.895. The first kappa shape index (κ1) is 10.8. The first-order valence-electron chi connectivity index (χ1n) is 5.74. The van der Waals surface area contributed by atoms with Gasteiger partial charge in [0.15, 0.2) is 0 Å². The van der Waals surface area contributed by atoms with Crippen LogP contribution in [0.15, 0.2) is 48.5 Å². The molecule has 0 N–H and O–H groups in total. The van der Waals surface area contributed by atoms with Gasteiger partial charge in [-0.25, -0.2) is 4.39 Å². The zero-order valence-electron chi connectivity index (χ0n) is 9.24. The number of rotatable bonds is 1. The van der Waals surface area contributed by atoms with Crippen molar-refractivity contribution in [3.63, 3.8) is 0 Å². The van der Waals surface area contributed by atoms with E-state index in [0.717, 1.165) is 12.0 Å². The number of fused-ring (bicyclic) bond motifs is 1. The summed E-state index contributed by atoms with van der Waals surface area (Å²) in [5, 5.41) is 0.0706. The normalized spacial score (nSPS) is 22.5. The fraction of sp³-hybridized carbons (Fsp3) is 0.200. The van der Waals surface area contributed by atoms with Gasteiger partial charge in [-0.05, 0) is 35.2 Å². The van der Waals surface area contributed by atoms with E-state index in [-0.39, 0.29) is 11.2 Å². The van der Waals surface area contributed by atoms with E-state index in [1.54, 1.807) is 0 Å². The fourth-order valence-electron chi connectivity index (χ4n) is 2.59. The molecule has 0 bridgehead atoms. The van der Waals surface area contributed by atoms with Crippen molar-refractivity contribution in [1.82, 2.24) is 0 Å². The molecule has 3 rings (SSSR count). The standard InChI is InChI=1S/C15H12ClF/c16-15-9-14(10-5-7-11(17)8-6-10)12-3-1-2-4-13(12)15/h1-8,14-15H,9H2/t14-,15+/m0/s1. The Bertz CT molecular complexity index is 533. The predicted molar refractivity (Wildman–Crippen MR) is 67.9 cm³/mol. The Morgan fingerprint density at radius 1 is 0.941 bits per heavy atom. The van der Waals surface area contributed by atoms with E-state index >= 15 is 0 Å². The Morgan fingerprint density at radius 3 is 2.29 bits per heavy atom.